The number of aromatic amines is 1. The molecule has 2 aromatic carbocycles. The SMILES string of the molecule is O=C(/C=C/c1cccc(Cl)c1)N1CCC2CN(C(=O)c3ccc4[nH]nnc4c3)C[C@H]2CC1. The molecule has 2 aliphatic rings. The Morgan fingerprint density at radius 2 is 1.81 bits per heavy atom. The summed E-state index contributed by atoms with van der Waals surface area (Å²) in [5, 5.41) is 11.3. The molecule has 2 atom stereocenters. The smallest absolute Gasteiger partial charge is 0.253 e. The van der Waals surface area contributed by atoms with Gasteiger partial charge in [-0.1, -0.05) is 28.9 Å². The minimum Gasteiger partial charge on any atom is -0.339 e. The van der Waals surface area contributed by atoms with Gasteiger partial charge in [0.2, 0.25) is 5.91 Å². The number of likely N-dealkylation sites (tertiary alicyclic amines) is 2. The van der Waals surface area contributed by atoms with Crippen LogP contribution in [0.25, 0.3) is 17.1 Å². The van der Waals surface area contributed by atoms with Crippen molar-refractivity contribution in [3.05, 3.63) is 64.7 Å². The Morgan fingerprint density at radius 3 is 2.56 bits per heavy atom. The zero-order valence-corrected chi connectivity index (χ0v) is 18.3. The molecule has 1 aromatic heterocycles. The number of H-pyrrole nitrogens is 1. The third-order valence-electron chi connectivity index (χ3n) is 6.55. The Bertz CT molecular complexity index is 1170. The van der Waals surface area contributed by atoms with E-state index < -0.39 is 0 Å². The largest absolute Gasteiger partial charge is 0.339 e. The van der Waals surface area contributed by atoms with Gasteiger partial charge in [0, 0.05) is 42.8 Å². The van der Waals surface area contributed by atoms with E-state index in [4.69, 9.17) is 11.6 Å². The van der Waals surface area contributed by atoms with E-state index in [2.05, 4.69) is 15.4 Å². The van der Waals surface area contributed by atoms with Crippen molar-refractivity contribution >= 4 is 40.5 Å². The number of aromatic nitrogens is 3. The third kappa shape index (κ3) is 4.25. The average Bonchev–Trinajstić information content (AvgIpc) is 3.39. The second-order valence-corrected chi connectivity index (χ2v) is 9.00. The van der Waals surface area contributed by atoms with Crippen LogP contribution in [0.15, 0.2) is 48.5 Å². The molecule has 2 saturated heterocycles. The minimum atomic E-state index is 0.0267. The van der Waals surface area contributed by atoms with E-state index in [1.54, 1.807) is 12.1 Å². The average molecular weight is 450 g/mol. The summed E-state index contributed by atoms with van der Waals surface area (Å²) in [5.74, 6) is 0.910. The molecule has 2 amide bonds. The Morgan fingerprint density at radius 1 is 1.03 bits per heavy atom. The maximum Gasteiger partial charge on any atom is 0.253 e. The van der Waals surface area contributed by atoms with Crippen molar-refractivity contribution < 1.29 is 9.59 Å². The van der Waals surface area contributed by atoms with Crippen molar-refractivity contribution in [1.82, 2.24) is 25.2 Å². The van der Waals surface area contributed by atoms with E-state index in [1.807, 2.05) is 52.3 Å². The summed E-state index contributed by atoms with van der Waals surface area (Å²) in [4.78, 5) is 29.6. The van der Waals surface area contributed by atoms with Gasteiger partial charge in [-0.2, -0.15) is 0 Å². The van der Waals surface area contributed by atoms with Gasteiger partial charge in [0.15, 0.2) is 0 Å². The highest BCUT2D eigenvalue weighted by Gasteiger charge is 2.37. The van der Waals surface area contributed by atoms with Crippen LogP contribution in [0.3, 0.4) is 0 Å². The Labute approximate surface area is 191 Å². The minimum absolute atomic E-state index is 0.0267. The van der Waals surface area contributed by atoms with Crippen LogP contribution in [0.4, 0.5) is 0 Å². The fourth-order valence-electron chi connectivity index (χ4n) is 4.77. The molecule has 1 N–H and O–H groups in total. The van der Waals surface area contributed by atoms with E-state index >= 15 is 0 Å². The normalized spacial score (nSPS) is 21.2. The molecule has 2 aliphatic heterocycles. The molecule has 0 aliphatic carbocycles. The van der Waals surface area contributed by atoms with Crippen molar-refractivity contribution in [2.75, 3.05) is 26.2 Å². The quantitative estimate of drug-likeness (QED) is 0.619. The highest BCUT2D eigenvalue weighted by Crippen LogP contribution is 2.33. The summed E-state index contributed by atoms with van der Waals surface area (Å²) in [7, 11) is 0. The Kier molecular flexibility index (Phi) is 5.66. The zero-order valence-electron chi connectivity index (χ0n) is 17.6. The van der Waals surface area contributed by atoms with E-state index in [9.17, 15) is 9.59 Å². The molecule has 0 radical (unpaired) electrons. The van der Waals surface area contributed by atoms with E-state index in [0.717, 1.165) is 37.0 Å². The van der Waals surface area contributed by atoms with Gasteiger partial charge in [0.25, 0.3) is 5.91 Å². The van der Waals surface area contributed by atoms with Gasteiger partial charge >= 0.3 is 0 Å². The van der Waals surface area contributed by atoms with Crippen LogP contribution in [0.5, 0.6) is 0 Å². The number of benzene rings is 2. The molecule has 3 aromatic rings. The molecule has 7 nitrogen and oxygen atoms in total. The summed E-state index contributed by atoms with van der Waals surface area (Å²) in [6.45, 7) is 2.90. The molecule has 0 saturated carbocycles. The molecular weight excluding hydrogens is 426 g/mol. The van der Waals surface area contributed by atoms with Gasteiger partial charge in [-0.05, 0) is 66.6 Å². The van der Waals surface area contributed by atoms with Crippen LogP contribution in [0, 0.1) is 11.8 Å². The Hall–Kier alpha value is -3.19. The number of nitrogens with one attached hydrogen (secondary N) is 1. The lowest BCUT2D eigenvalue weighted by molar-refractivity contribution is -0.126. The predicted molar refractivity (Wildman–Crippen MR) is 123 cm³/mol. The van der Waals surface area contributed by atoms with Gasteiger partial charge in [-0.3, -0.25) is 14.7 Å². The van der Waals surface area contributed by atoms with Crippen molar-refractivity contribution in [2.45, 2.75) is 12.8 Å². The van der Waals surface area contributed by atoms with Crippen molar-refractivity contribution in [1.29, 1.82) is 0 Å². The van der Waals surface area contributed by atoms with E-state index in [0.29, 0.717) is 41.0 Å². The monoisotopic (exact) mass is 449 g/mol. The van der Waals surface area contributed by atoms with Crippen LogP contribution in [0.2, 0.25) is 5.02 Å². The number of amides is 2. The summed E-state index contributed by atoms with van der Waals surface area (Å²) in [5.41, 5.74) is 3.08. The Balaban J connectivity index is 1.19. The van der Waals surface area contributed by atoms with Crippen LogP contribution in [-0.4, -0.2) is 63.2 Å². The molecular formula is C24H24ClN5O2. The van der Waals surface area contributed by atoms with Crippen LogP contribution in [-0.2, 0) is 4.79 Å². The first kappa shape index (κ1) is 20.7. The van der Waals surface area contributed by atoms with Gasteiger partial charge < -0.3 is 9.80 Å². The molecule has 0 bridgehead atoms. The van der Waals surface area contributed by atoms with Gasteiger partial charge in [0.05, 0.1) is 5.52 Å². The number of halogens is 1. The summed E-state index contributed by atoms with van der Waals surface area (Å²) in [6, 6.07) is 12.9. The zero-order chi connectivity index (χ0) is 22.1. The number of carbonyl (C=O) groups is 2. The third-order valence-corrected chi connectivity index (χ3v) is 6.79. The van der Waals surface area contributed by atoms with E-state index in [1.165, 1.54) is 0 Å². The van der Waals surface area contributed by atoms with E-state index in [-0.39, 0.29) is 11.8 Å². The molecule has 2 fully saturated rings. The maximum atomic E-state index is 13.0. The highest BCUT2D eigenvalue weighted by atomic mass is 35.5. The van der Waals surface area contributed by atoms with Crippen LogP contribution in [0.1, 0.15) is 28.8 Å². The number of nitrogens with zero attached hydrogens (tertiary/aromatic N) is 4. The molecule has 0 spiro atoms. The fraction of sp³-hybridized carbons (Fsp3) is 0.333. The molecule has 1 unspecified atom stereocenters. The summed E-state index contributed by atoms with van der Waals surface area (Å²) in [6.07, 6.45) is 5.26. The second-order valence-electron chi connectivity index (χ2n) is 8.57. The second kappa shape index (κ2) is 8.74. The molecule has 164 valence electrons. The first-order valence-electron chi connectivity index (χ1n) is 10.9. The van der Waals surface area contributed by atoms with Crippen LogP contribution >= 0.6 is 11.6 Å². The highest BCUT2D eigenvalue weighted by molar-refractivity contribution is 6.30. The molecule has 8 heteroatoms. The standard InChI is InChI=1S/C24H24ClN5O2/c25-20-3-1-2-16(12-20)4-7-23(31)29-10-8-18-14-30(15-19(18)9-11-29)24(32)17-5-6-21-22(13-17)27-28-26-21/h1-7,12-13,18-19H,8-11,14-15H2,(H,26,27,28)/b7-4+/t18-,19?/m1/s1. The fourth-order valence-corrected chi connectivity index (χ4v) is 4.97. The molecule has 32 heavy (non-hydrogen) atoms. The van der Waals surface area contributed by atoms with Gasteiger partial charge in [0.1, 0.15) is 5.52 Å². The summed E-state index contributed by atoms with van der Waals surface area (Å²) >= 11 is 6.01. The molecule has 5 rings (SSSR count). The first-order chi connectivity index (χ1) is 15.6. The van der Waals surface area contributed by atoms with Crippen LogP contribution < -0.4 is 0 Å². The van der Waals surface area contributed by atoms with Crippen molar-refractivity contribution in [3.8, 4) is 0 Å². The lowest BCUT2D eigenvalue weighted by Gasteiger charge is -2.21. The number of hydrogen-bond donors (Lipinski definition) is 1. The van der Waals surface area contributed by atoms with Gasteiger partial charge in [-0.25, -0.2) is 0 Å². The number of hydrogen-bond acceptors (Lipinski definition) is 4. The predicted octanol–water partition coefficient (Wildman–Crippen LogP) is 3.64. The number of carbonyl (C=O) groups excluding carboxylic acids is 2. The van der Waals surface area contributed by atoms with Gasteiger partial charge in [-0.15, -0.1) is 5.10 Å². The molecule has 3 heterocycles. The first-order valence-corrected chi connectivity index (χ1v) is 11.3. The lowest BCUT2D eigenvalue weighted by Crippen LogP contribution is -2.33. The number of rotatable bonds is 3. The summed E-state index contributed by atoms with van der Waals surface area (Å²) < 4.78 is 0. The topological polar surface area (TPSA) is 82.2 Å². The maximum absolute atomic E-state index is 13.0. The lowest BCUT2D eigenvalue weighted by atomic mass is 9.92. The number of fused-ring (bicyclic) bond motifs is 2. The van der Waals surface area contributed by atoms with Crippen molar-refractivity contribution in [2.24, 2.45) is 11.8 Å². The van der Waals surface area contributed by atoms with Crippen molar-refractivity contribution in [3.63, 3.8) is 0 Å².